The number of aliphatic carboxylic acids is 1. The Morgan fingerprint density at radius 1 is 1.00 bits per heavy atom. The fourth-order valence-electron chi connectivity index (χ4n) is 4.07. The molecule has 0 bridgehead atoms. The van der Waals surface area contributed by atoms with E-state index in [-0.39, 0.29) is 25.0 Å². The molecule has 0 aromatic heterocycles. The van der Waals surface area contributed by atoms with Crippen LogP contribution in [0.3, 0.4) is 0 Å². The van der Waals surface area contributed by atoms with Crippen LogP contribution in [0.2, 0.25) is 0 Å². The molecule has 0 fully saturated rings. The van der Waals surface area contributed by atoms with Gasteiger partial charge in [-0.25, -0.2) is 9.59 Å². The number of carboxylic acid groups (broad SMARTS) is 1. The number of carboxylic acids is 1. The van der Waals surface area contributed by atoms with Crippen LogP contribution < -0.4 is 10.6 Å². The van der Waals surface area contributed by atoms with E-state index >= 15 is 0 Å². The highest BCUT2D eigenvalue weighted by Gasteiger charge is 2.31. The Morgan fingerprint density at radius 2 is 1.58 bits per heavy atom. The monoisotopic (exact) mass is 454 g/mol. The van der Waals surface area contributed by atoms with Gasteiger partial charge in [0, 0.05) is 13.0 Å². The van der Waals surface area contributed by atoms with Crippen molar-refractivity contribution in [2.75, 3.05) is 20.3 Å². The maximum Gasteiger partial charge on any atom is 0.407 e. The Morgan fingerprint density at radius 3 is 2.09 bits per heavy atom. The number of ether oxygens (including phenoxy) is 2. The minimum Gasteiger partial charge on any atom is -0.480 e. The number of methoxy groups -OCH3 is 1. The minimum absolute atomic E-state index is 0.103. The molecule has 3 N–H and O–H groups in total. The number of amides is 2. The molecule has 0 radical (unpaired) electrons. The molecule has 2 amide bonds. The second kappa shape index (κ2) is 11.0. The summed E-state index contributed by atoms with van der Waals surface area (Å²) in [7, 11) is 1.39. The topological polar surface area (TPSA) is 114 Å². The summed E-state index contributed by atoms with van der Waals surface area (Å²) in [5, 5.41) is 14.4. The Labute approximate surface area is 193 Å². The van der Waals surface area contributed by atoms with Gasteiger partial charge in [0.2, 0.25) is 5.91 Å². The van der Waals surface area contributed by atoms with Crippen molar-refractivity contribution in [2.45, 2.75) is 38.3 Å². The summed E-state index contributed by atoms with van der Waals surface area (Å²) >= 11 is 0. The summed E-state index contributed by atoms with van der Waals surface area (Å²) in [5.41, 5.74) is 4.39. The largest absolute Gasteiger partial charge is 0.480 e. The Bertz CT molecular complexity index is 962. The van der Waals surface area contributed by atoms with Crippen LogP contribution in [0.25, 0.3) is 11.1 Å². The van der Waals surface area contributed by atoms with Gasteiger partial charge < -0.3 is 25.2 Å². The summed E-state index contributed by atoms with van der Waals surface area (Å²) in [5.74, 6) is -2.16. The van der Waals surface area contributed by atoms with Gasteiger partial charge in [0.05, 0.1) is 6.61 Å². The SMILES string of the molecule is CCC(C)[C@H](NC(=O)C(COC)NC(=O)OCC1c2ccccc2-c2ccccc21)C(=O)O. The third-order valence-corrected chi connectivity index (χ3v) is 6.06. The highest BCUT2D eigenvalue weighted by molar-refractivity contribution is 5.89. The lowest BCUT2D eigenvalue weighted by atomic mass is 9.98. The number of alkyl carbamates (subject to hydrolysis) is 1. The molecular formula is C25H30N2O6. The minimum atomic E-state index is -1.13. The number of fused-ring (bicyclic) bond motifs is 3. The van der Waals surface area contributed by atoms with Gasteiger partial charge in [0.1, 0.15) is 18.7 Å². The molecule has 2 unspecified atom stereocenters. The van der Waals surface area contributed by atoms with E-state index in [0.29, 0.717) is 6.42 Å². The Balaban J connectivity index is 1.65. The number of nitrogens with one attached hydrogen (secondary N) is 2. The zero-order chi connectivity index (χ0) is 24.0. The molecule has 1 aliphatic carbocycles. The highest BCUT2D eigenvalue weighted by atomic mass is 16.5. The average molecular weight is 455 g/mol. The quantitative estimate of drug-likeness (QED) is 0.508. The molecular weight excluding hydrogens is 424 g/mol. The molecule has 2 aromatic rings. The molecule has 3 atom stereocenters. The van der Waals surface area contributed by atoms with E-state index in [1.807, 2.05) is 55.5 Å². The lowest BCUT2D eigenvalue weighted by molar-refractivity contribution is -0.143. The maximum absolute atomic E-state index is 12.7. The molecule has 8 heteroatoms. The maximum atomic E-state index is 12.7. The van der Waals surface area contributed by atoms with E-state index in [2.05, 4.69) is 10.6 Å². The van der Waals surface area contributed by atoms with Crippen LogP contribution in [-0.4, -0.2) is 55.5 Å². The van der Waals surface area contributed by atoms with Crippen LogP contribution in [0.15, 0.2) is 48.5 Å². The van der Waals surface area contributed by atoms with Crippen LogP contribution in [-0.2, 0) is 19.1 Å². The van der Waals surface area contributed by atoms with E-state index < -0.39 is 30.1 Å². The van der Waals surface area contributed by atoms with Crippen molar-refractivity contribution < 1.29 is 29.0 Å². The first kappa shape index (κ1) is 24.3. The van der Waals surface area contributed by atoms with E-state index in [1.54, 1.807) is 6.92 Å². The van der Waals surface area contributed by atoms with Crippen molar-refractivity contribution in [1.82, 2.24) is 10.6 Å². The molecule has 0 spiro atoms. The molecule has 8 nitrogen and oxygen atoms in total. The van der Waals surface area contributed by atoms with Gasteiger partial charge in [-0.05, 0) is 28.2 Å². The summed E-state index contributed by atoms with van der Waals surface area (Å²) in [6.07, 6.45) is -0.198. The fourth-order valence-corrected chi connectivity index (χ4v) is 4.07. The number of benzene rings is 2. The van der Waals surface area contributed by atoms with E-state index in [1.165, 1.54) is 7.11 Å². The first-order valence-corrected chi connectivity index (χ1v) is 11.0. The van der Waals surface area contributed by atoms with E-state index in [4.69, 9.17) is 9.47 Å². The first-order chi connectivity index (χ1) is 15.9. The summed E-state index contributed by atoms with van der Waals surface area (Å²) < 4.78 is 10.5. The predicted molar refractivity (Wildman–Crippen MR) is 123 cm³/mol. The van der Waals surface area contributed by atoms with Crippen LogP contribution in [0.5, 0.6) is 0 Å². The lowest BCUT2D eigenvalue weighted by Crippen LogP contribution is -2.55. The molecule has 0 saturated heterocycles. The van der Waals surface area contributed by atoms with E-state index in [0.717, 1.165) is 22.3 Å². The first-order valence-electron chi connectivity index (χ1n) is 11.0. The van der Waals surface area contributed by atoms with Crippen LogP contribution >= 0.6 is 0 Å². The zero-order valence-electron chi connectivity index (χ0n) is 19.0. The van der Waals surface area contributed by atoms with Gasteiger partial charge in [-0.3, -0.25) is 4.79 Å². The predicted octanol–water partition coefficient (Wildman–Crippen LogP) is 3.16. The number of carbonyl (C=O) groups is 3. The Kier molecular flexibility index (Phi) is 8.06. The van der Waals surface area contributed by atoms with E-state index in [9.17, 15) is 19.5 Å². The zero-order valence-corrected chi connectivity index (χ0v) is 19.0. The van der Waals surface area contributed by atoms with Gasteiger partial charge in [-0.2, -0.15) is 0 Å². The lowest BCUT2D eigenvalue weighted by Gasteiger charge is -2.24. The normalized spacial score (nSPS) is 15.0. The second-order valence-corrected chi connectivity index (χ2v) is 8.19. The van der Waals surface area contributed by atoms with Crippen molar-refractivity contribution >= 4 is 18.0 Å². The molecule has 3 rings (SSSR count). The van der Waals surface area contributed by atoms with Crippen molar-refractivity contribution in [3.05, 3.63) is 59.7 Å². The summed E-state index contributed by atoms with van der Waals surface area (Å²) in [4.78, 5) is 36.7. The molecule has 1 aliphatic rings. The number of hydrogen-bond donors (Lipinski definition) is 3. The van der Waals surface area contributed by atoms with Crippen molar-refractivity contribution in [3.8, 4) is 11.1 Å². The van der Waals surface area contributed by atoms with Gasteiger partial charge in [-0.1, -0.05) is 68.8 Å². The summed E-state index contributed by atoms with van der Waals surface area (Å²) in [6.45, 7) is 3.56. The fraction of sp³-hybridized carbons (Fsp3) is 0.400. The van der Waals surface area contributed by atoms with Gasteiger partial charge in [0.15, 0.2) is 0 Å². The van der Waals surface area contributed by atoms with Crippen LogP contribution in [0.1, 0.15) is 37.3 Å². The van der Waals surface area contributed by atoms with Crippen LogP contribution in [0, 0.1) is 5.92 Å². The number of carbonyl (C=O) groups excluding carboxylic acids is 2. The van der Waals surface area contributed by atoms with Gasteiger partial charge in [0.25, 0.3) is 0 Å². The average Bonchev–Trinajstić information content (AvgIpc) is 3.13. The molecule has 2 aromatic carbocycles. The third kappa shape index (κ3) is 5.51. The molecule has 0 aliphatic heterocycles. The molecule has 33 heavy (non-hydrogen) atoms. The standard InChI is InChI=1S/C25H30N2O6/c1-4-15(2)22(24(29)30)27-23(28)21(14-32-3)26-25(31)33-13-20-18-11-7-5-9-16(18)17-10-6-8-12-19(17)20/h5-12,15,20-22H,4,13-14H2,1-3H3,(H,26,31)(H,27,28)(H,29,30)/t15?,21?,22-/m0/s1. The van der Waals surface area contributed by atoms with Gasteiger partial charge >= 0.3 is 12.1 Å². The van der Waals surface area contributed by atoms with Crippen molar-refractivity contribution in [2.24, 2.45) is 5.92 Å². The van der Waals surface area contributed by atoms with Crippen molar-refractivity contribution in [1.29, 1.82) is 0 Å². The smallest absolute Gasteiger partial charge is 0.407 e. The Hall–Kier alpha value is -3.39. The number of rotatable bonds is 10. The van der Waals surface area contributed by atoms with Crippen molar-refractivity contribution in [3.63, 3.8) is 0 Å². The summed E-state index contributed by atoms with van der Waals surface area (Å²) in [6, 6.07) is 13.8. The molecule has 0 saturated carbocycles. The molecule has 0 heterocycles. The third-order valence-electron chi connectivity index (χ3n) is 6.06. The van der Waals surface area contributed by atoms with Crippen LogP contribution in [0.4, 0.5) is 4.79 Å². The van der Waals surface area contributed by atoms with Gasteiger partial charge in [-0.15, -0.1) is 0 Å². The molecule has 176 valence electrons. The number of hydrogen-bond acceptors (Lipinski definition) is 5. The highest BCUT2D eigenvalue weighted by Crippen LogP contribution is 2.44. The second-order valence-electron chi connectivity index (χ2n) is 8.19.